The number of nitrogens with one attached hydrogen (secondary N) is 1. The standard InChI is InChI=1S/C20H21N3O2S/c1-2-25-15-9-7-14(8-10-15)18-5-3-11-23(18)20(24)17-13-16(21-22-17)19-6-4-12-26-19/h4,6-10,12-13,18H,2-3,5,11H2,1H3,(H,21,22). The first-order valence-electron chi connectivity index (χ1n) is 8.89. The highest BCUT2D eigenvalue weighted by Gasteiger charge is 2.31. The van der Waals surface area contributed by atoms with Crippen LogP contribution in [-0.2, 0) is 0 Å². The number of carbonyl (C=O) groups excluding carboxylic acids is 1. The molecule has 2 aromatic heterocycles. The smallest absolute Gasteiger partial charge is 0.274 e. The Labute approximate surface area is 156 Å². The van der Waals surface area contributed by atoms with Gasteiger partial charge in [-0.3, -0.25) is 9.89 Å². The maximum atomic E-state index is 13.0. The second-order valence-corrected chi connectivity index (χ2v) is 7.25. The SMILES string of the molecule is CCOc1ccc(C2CCCN2C(=O)c2cc(-c3cccs3)[nH]n2)cc1. The lowest BCUT2D eigenvalue weighted by Gasteiger charge is -2.24. The molecular formula is C20H21N3O2S. The van der Waals surface area contributed by atoms with E-state index < -0.39 is 0 Å². The predicted molar refractivity (Wildman–Crippen MR) is 103 cm³/mol. The number of aromatic amines is 1. The lowest BCUT2D eigenvalue weighted by molar-refractivity contribution is 0.0729. The van der Waals surface area contributed by atoms with Crippen molar-refractivity contribution in [1.82, 2.24) is 15.1 Å². The van der Waals surface area contributed by atoms with Crippen molar-refractivity contribution in [3.05, 3.63) is 59.1 Å². The molecule has 1 aliphatic rings. The largest absolute Gasteiger partial charge is 0.494 e. The van der Waals surface area contributed by atoms with Gasteiger partial charge in [0.1, 0.15) is 5.75 Å². The lowest BCUT2D eigenvalue weighted by Crippen LogP contribution is -2.30. The van der Waals surface area contributed by atoms with Crippen LogP contribution in [0.3, 0.4) is 0 Å². The normalized spacial score (nSPS) is 16.8. The summed E-state index contributed by atoms with van der Waals surface area (Å²) in [5.41, 5.74) is 2.51. The van der Waals surface area contributed by atoms with Crippen LogP contribution < -0.4 is 4.74 Å². The van der Waals surface area contributed by atoms with E-state index in [1.807, 2.05) is 47.5 Å². The highest BCUT2D eigenvalue weighted by atomic mass is 32.1. The molecule has 0 bridgehead atoms. The summed E-state index contributed by atoms with van der Waals surface area (Å²) in [7, 11) is 0. The van der Waals surface area contributed by atoms with E-state index in [4.69, 9.17) is 4.74 Å². The van der Waals surface area contributed by atoms with Crippen LogP contribution in [-0.4, -0.2) is 34.2 Å². The number of hydrogen-bond donors (Lipinski definition) is 1. The Morgan fingerprint density at radius 2 is 2.19 bits per heavy atom. The van der Waals surface area contributed by atoms with Gasteiger partial charge in [0.05, 0.1) is 23.2 Å². The topological polar surface area (TPSA) is 58.2 Å². The molecule has 0 spiro atoms. The van der Waals surface area contributed by atoms with Gasteiger partial charge in [0.25, 0.3) is 5.91 Å². The lowest BCUT2D eigenvalue weighted by atomic mass is 10.0. The zero-order valence-electron chi connectivity index (χ0n) is 14.6. The Bertz CT molecular complexity index is 871. The first-order chi connectivity index (χ1) is 12.8. The van der Waals surface area contributed by atoms with Crippen molar-refractivity contribution in [1.29, 1.82) is 0 Å². The van der Waals surface area contributed by atoms with Crippen LogP contribution in [0, 0.1) is 0 Å². The Balaban J connectivity index is 1.53. The van der Waals surface area contributed by atoms with Gasteiger partial charge in [-0.2, -0.15) is 5.10 Å². The molecule has 0 saturated carbocycles. The molecule has 4 rings (SSSR count). The average Bonchev–Trinajstić information content (AvgIpc) is 3.42. The quantitative estimate of drug-likeness (QED) is 0.721. The number of rotatable bonds is 5. The molecule has 26 heavy (non-hydrogen) atoms. The van der Waals surface area contributed by atoms with Crippen LogP contribution in [0.1, 0.15) is 41.9 Å². The van der Waals surface area contributed by atoms with Crippen molar-refractivity contribution in [2.24, 2.45) is 0 Å². The summed E-state index contributed by atoms with van der Waals surface area (Å²) < 4.78 is 5.51. The van der Waals surface area contributed by atoms with Crippen molar-refractivity contribution in [2.45, 2.75) is 25.8 Å². The van der Waals surface area contributed by atoms with E-state index in [1.54, 1.807) is 11.3 Å². The highest BCUT2D eigenvalue weighted by molar-refractivity contribution is 7.13. The molecule has 1 aliphatic heterocycles. The Morgan fingerprint density at radius 3 is 2.92 bits per heavy atom. The van der Waals surface area contributed by atoms with Crippen molar-refractivity contribution < 1.29 is 9.53 Å². The van der Waals surface area contributed by atoms with E-state index in [0.717, 1.165) is 41.3 Å². The van der Waals surface area contributed by atoms with Crippen LogP contribution in [0.5, 0.6) is 5.75 Å². The third-order valence-electron chi connectivity index (χ3n) is 4.67. The van der Waals surface area contributed by atoms with Crippen LogP contribution in [0.15, 0.2) is 47.8 Å². The number of amides is 1. The molecule has 1 saturated heterocycles. The number of H-pyrrole nitrogens is 1. The molecule has 1 aromatic carbocycles. The number of hydrogen-bond acceptors (Lipinski definition) is 4. The molecule has 1 atom stereocenters. The number of benzene rings is 1. The minimum Gasteiger partial charge on any atom is -0.494 e. The highest BCUT2D eigenvalue weighted by Crippen LogP contribution is 2.34. The number of ether oxygens (including phenoxy) is 1. The van der Waals surface area contributed by atoms with Gasteiger partial charge in [0.2, 0.25) is 0 Å². The van der Waals surface area contributed by atoms with Crippen molar-refractivity contribution in [3.8, 4) is 16.3 Å². The summed E-state index contributed by atoms with van der Waals surface area (Å²) in [4.78, 5) is 16.0. The minimum absolute atomic E-state index is 0.0135. The zero-order chi connectivity index (χ0) is 17.9. The molecule has 3 aromatic rings. The molecule has 0 radical (unpaired) electrons. The first-order valence-corrected chi connectivity index (χ1v) is 9.77. The molecule has 1 unspecified atom stereocenters. The average molecular weight is 367 g/mol. The van der Waals surface area contributed by atoms with Crippen LogP contribution in [0.2, 0.25) is 0 Å². The van der Waals surface area contributed by atoms with E-state index >= 15 is 0 Å². The predicted octanol–water partition coefficient (Wildman–Crippen LogP) is 4.51. The van der Waals surface area contributed by atoms with Crippen LogP contribution in [0.4, 0.5) is 0 Å². The van der Waals surface area contributed by atoms with Gasteiger partial charge in [-0.15, -0.1) is 11.3 Å². The second-order valence-electron chi connectivity index (χ2n) is 6.30. The summed E-state index contributed by atoms with van der Waals surface area (Å²) in [5.74, 6) is 0.848. The minimum atomic E-state index is -0.0135. The number of nitrogens with zero attached hydrogens (tertiary/aromatic N) is 2. The Hall–Kier alpha value is -2.60. The van der Waals surface area contributed by atoms with Crippen molar-refractivity contribution in [3.63, 3.8) is 0 Å². The summed E-state index contributed by atoms with van der Waals surface area (Å²) in [6, 6.07) is 14.0. The molecular weight excluding hydrogens is 346 g/mol. The monoisotopic (exact) mass is 367 g/mol. The number of carbonyl (C=O) groups is 1. The Kier molecular flexibility index (Phi) is 4.75. The summed E-state index contributed by atoms with van der Waals surface area (Å²) in [6.45, 7) is 3.39. The van der Waals surface area contributed by atoms with E-state index in [0.29, 0.717) is 12.3 Å². The van der Waals surface area contributed by atoms with Crippen molar-refractivity contribution in [2.75, 3.05) is 13.2 Å². The van der Waals surface area contributed by atoms with Gasteiger partial charge >= 0.3 is 0 Å². The van der Waals surface area contributed by atoms with Gasteiger partial charge in [0.15, 0.2) is 5.69 Å². The summed E-state index contributed by atoms with van der Waals surface area (Å²) in [6.07, 6.45) is 1.98. The molecule has 1 N–H and O–H groups in total. The van der Waals surface area contributed by atoms with E-state index in [9.17, 15) is 4.79 Å². The number of thiophene rings is 1. The van der Waals surface area contributed by atoms with E-state index in [2.05, 4.69) is 22.3 Å². The molecule has 0 aliphatic carbocycles. The third kappa shape index (κ3) is 3.24. The number of aromatic nitrogens is 2. The maximum Gasteiger partial charge on any atom is 0.274 e. The fourth-order valence-electron chi connectivity index (χ4n) is 3.45. The van der Waals surface area contributed by atoms with Gasteiger partial charge in [-0.25, -0.2) is 0 Å². The van der Waals surface area contributed by atoms with E-state index in [-0.39, 0.29) is 11.9 Å². The van der Waals surface area contributed by atoms with E-state index in [1.165, 1.54) is 0 Å². The van der Waals surface area contributed by atoms with Gasteiger partial charge in [-0.05, 0) is 55.0 Å². The first kappa shape index (κ1) is 16.8. The molecule has 6 heteroatoms. The third-order valence-corrected chi connectivity index (χ3v) is 5.58. The second kappa shape index (κ2) is 7.33. The Morgan fingerprint density at radius 1 is 1.35 bits per heavy atom. The molecule has 1 amide bonds. The van der Waals surface area contributed by atoms with Crippen LogP contribution in [0.25, 0.3) is 10.6 Å². The summed E-state index contributed by atoms with van der Waals surface area (Å²) in [5, 5.41) is 9.25. The summed E-state index contributed by atoms with van der Waals surface area (Å²) >= 11 is 1.63. The van der Waals surface area contributed by atoms with Crippen LogP contribution >= 0.6 is 11.3 Å². The zero-order valence-corrected chi connectivity index (χ0v) is 15.5. The van der Waals surface area contributed by atoms with Gasteiger partial charge in [0, 0.05) is 6.54 Å². The molecule has 134 valence electrons. The molecule has 1 fully saturated rings. The fourth-order valence-corrected chi connectivity index (χ4v) is 4.14. The number of likely N-dealkylation sites (tertiary alicyclic amines) is 1. The van der Waals surface area contributed by atoms with Gasteiger partial charge < -0.3 is 9.64 Å². The van der Waals surface area contributed by atoms with Gasteiger partial charge in [-0.1, -0.05) is 18.2 Å². The van der Waals surface area contributed by atoms with Crippen molar-refractivity contribution >= 4 is 17.2 Å². The maximum absolute atomic E-state index is 13.0. The molecule has 3 heterocycles. The molecule has 5 nitrogen and oxygen atoms in total. The fraction of sp³-hybridized carbons (Fsp3) is 0.300.